The first kappa shape index (κ1) is 15.6. The molecule has 1 unspecified atom stereocenters. The monoisotopic (exact) mass is 331 g/mol. The van der Waals surface area contributed by atoms with E-state index in [4.69, 9.17) is 9.63 Å². The topological polar surface area (TPSA) is 122 Å². The van der Waals surface area contributed by atoms with E-state index in [1.54, 1.807) is 13.8 Å². The molecule has 0 saturated heterocycles. The Hall–Kier alpha value is -1.78. The maximum atomic E-state index is 12.0. The molecule has 2 N–H and O–H groups in total. The molecule has 0 saturated carbocycles. The molecule has 0 fully saturated rings. The fourth-order valence-electron chi connectivity index (χ4n) is 1.63. The number of rotatable bonds is 6. The van der Waals surface area contributed by atoms with Crippen molar-refractivity contribution in [3.05, 3.63) is 33.6 Å². The molecule has 0 bridgehead atoms. The van der Waals surface area contributed by atoms with Gasteiger partial charge in [-0.3, -0.25) is 0 Å². The maximum absolute atomic E-state index is 12.0. The van der Waals surface area contributed by atoms with Crippen LogP contribution in [0.25, 0.3) is 0 Å². The van der Waals surface area contributed by atoms with E-state index in [2.05, 4.69) is 14.9 Å². The Labute approximate surface area is 124 Å². The molecule has 0 spiro atoms. The summed E-state index contributed by atoms with van der Waals surface area (Å²) >= 11 is 1.08. The quantitative estimate of drug-likeness (QED) is 0.818. The number of carboxylic acids is 1. The summed E-state index contributed by atoms with van der Waals surface area (Å²) in [4.78, 5) is 14.6. The zero-order chi connectivity index (χ0) is 15.6. The van der Waals surface area contributed by atoms with Gasteiger partial charge in [-0.15, -0.1) is 11.3 Å². The Morgan fingerprint density at radius 2 is 2.29 bits per heavy atom. The number of aryl methyl sites for hydroxylation is 1. The molecule has 0 aliphatic carbocycles. The Balaban J connectivity index is 2.06. The number of aromatic carboxylic acids is 1. The average molecular weight is 331 g/mol. The summed E-state index contributed by atoms with van der Waals surface area (Å²) in [5.74, 6) is -0.934. The molecule has 0 aliphatic rings. The standard InChI is InChI=1S/C11H13N3O5S2/c1-6-3-8(13-19-6)5-21(17,18)14-7(2)10-12-9(4-20-10)11(15)16/h3-4,7,14H,5H2,1-2H3,(H,15,16). The largest absolute Gasteiger partial charge is 0.476 e. The second-order valence-electron chi connectivity index (χ2n) is 4.40. The van der Waals surface area contributed by atoms with Crippen LogP contribution < -0.4 is 4.72 Å². The Bertz CT molecular complexity index is 750. The van der Waals surface area contributed by atoms with Gasteiger partial charge in [-0.1, -0.05) is 5.16 Å². The van der Waals surface area contributed by atoms with Gasteiger partial charge in [-0.25, -0.2) is 22.9 Å². The van der Waals surface area contributed by atoms with Gasteiger partial charge in [-0.05, 0) is 13.8 Å². The van der Waals surface area contributed by atoms with Gasteiger partial charge in [0.15, 0.2) is 5.69 Å². The minimum Gasteiger partial charge on any atom is -0.476 e. The third kappa shape index (κ3) is 4.09. The fourth-order valence-corrected chi connectivity index (χ4v) is 3.76. The van der Waals surface area contributed by atoms with Crippen molar-refractivity contribution in [1.82, 2.24) is 14.9 Å². The lowest BCUT2D eigenvalue weighted by Crippen LogP contribution is -2.28. The highest BCUT2D eigenvalue weighted by atomic mass is 32.2. The lowest BCUT2D eigenvalue weighted by Gasteiger charge is -2.10. The number of nitrogens with one attached hydrogen (secondary N) is 1. The van der Waals surface area contributed by atoms with Gasteiger partial charge in [0.2, 0.25) is 10.0 Å². The van der Waals surface area contributed by atoms with Crippen molar-refractivity contribution in [2.45, 2.75) is 25.6 Å². The molecule has 114 valence electrons. The minimum absolute atomic E-state index is 0.104. The minimum atomic E-state index is -3.63. The summed E-state index contributed by atoms with van der Waals surface area (Å²) in [5, 5.41) is 14.2. The molecule has 0 amide bonds. The maximum Gasteiger partial charge on any atom is 0.355 e. The second kappa shape index (κ2) is 5.92. The third-order valence-electron chi connectivity index (χ3n) is 2.48. The zero-order valence-electron chi connectivity index (χ0n) is 11.2. The first-order valence-corrected chi connectivity index (χ1v) is 8.41. The van der Waals surface area contributed by atoms with E-state index in [0.717, 1.165) is 11.3 Å². The SMILES string of the molecule is Cc1cc(CS(=O)(=O)NC(C)c2nc(C(=O)O)cs2)no1. The van der Waals surface area contributed by atoms with E-state index in [1.807, 2.05) is 0 Å². The molecule has 2 rings (SSSR count). The van der Waals surface area contributed by atoms with Crippen molar-refractivity contribution in [1.29, 1.82) is 0 Å². The fraction of sp³-hybridized carbons (Fsp3) is 0.364. The van der Waals surface area contributed by atoms with E-state index in [1.165, 1.54) is 11.4 Å². The number of carboxylic acid groups (broad SMARTS) is 1. The van der Waals surface area contributed by atoms with Crippen LogP contribution in [0.2, 0.25) is 0 Å². The van der Waals surface area contributed by atoms with E-state index >= 15 is 0 Å². The summed E-state index contributed by atoms with van der Waals surface area (Å²) in [6.45, 7) is 3.26. The van der Waals surface area contributed by atoms with Crippen LogP contribution in [0, 0.1) is 6.92 Å². The lowest BCUT2D eigenvalue weighted by molar-refractivity contribution is 0.0691. The van der Waals surface area contributed by atoms with Gasteiger partial charge >= 0.3 is 5.97 Å². The predicted octanol–water partition coefficient (Wildman–Crippen LogP) is 1.32. The Kier molecular flexibility index (Phi) is 4.40. The van der Waals surface area contributed by atoms with Gasteiger partial charge in [0, 0.05) is 11.4 Å². The number of sulfonamides is 1. The van der Waals surface area contributed by atoms with Crippen LogP contribution in [0.4, 0.5) is 0 Å². The Morgan fingerprint density at radius 1 is 1.57 bits per heavy atom. The third-order valence-corrected chi connectivity index (χ3v) is 4.90. The van der Waals surface area contributed by atoms with Crippen molar-refractivity contribution in [2.75, 3.05) is 0 Å². The summed E-state index contributed by atoms with van der Waals surface area (Å²) in [7, 11) is -3.63. The molecule has 2 aromatic rings. The second-order valence-corrected chi connectivity index (χ2v) is 7.05. The van der Waals surface area contributed by atoms with Gasteiger partial charge in [0.05, 0.1) is 6.04 Å². The normalized spacial score (nSPS) is 13.2. The summed E-state index contributed by atoms with van der Waals surface area (Å²) in [6.07, 6.45) is 0. The highest BCUT2D eigenvalue weighted by Crippen LogP contribution is 2.19. The van der Waals surface area contributed by atoms with E-state index in [9.17, 15) is 13.2 Å². The van der Waals surface area contributed by atoms with Crippen molar-refractivity contribution < 1.29 is 22.8 Å². The van der Waals surface area contributed by atoms with Crippen LogP contribution in [-0.4, -0.2) is 29.6 Å². The molecule has 21 heavy (non-hydrogen) atoms. The molecular formula is C11H13N3O5S2. The van der Waals surface area contributed by atoms with Crippen LogP contribution in [0.1, 0.15) is 39.9 Å². The molecule has 2 aromatic heterocycles. The summed E-state index contributed by atoms with van der Waals surface area (Å²) in [6, 6.07) is 0.914. The number of carbonyl (C=O) groups is 1. The van der Waals surface area contributed by atoms with Crippen molar-refractivity contribution >= 4 is 27.3 Å². The molecule has 0 aromatic carbocycles. The first-order chi connectivity index (χ1) is 9.77. The van der Waals surface area contributed by atoms with E-state index in [-0.39, 0.29) is 11.4 Å². The number of aromatic nitrogens is 2. The number of thiazole rings is 1. The molecule has 1 atom stereocenters. The molecule has 2 heterocycles. The van der Waals surface area contributed by atoms with Gasteiger partial charge in [0.1, 0.15) is 22.2 Å². The number of hydrogen-bond acceptors (Lipinski definition) is 7. The summed E-state index contributed by atoms with van der Waals surface area (Å²) < 4.78 is 31.2. The van der Waals surface area contributed by atoms with E-state index < -0.39 is 22.0 Å². The highest BCUT2D eigenvalue weighted by molar-refractivity contribution is 7.88. The predicted molar refractivity (Wildman–Crippen MR) is 74.5 cm³/mol. The van der Waals surface area contributed by atoms with Crippen molar-refractivity contribution in [2.24, 2.45) is 0 Å². The van der Waals surface area contributed by atoms with Crippen LogP contribution in [0.5, 0.6) is 0 Å². The van der Waals surface area contributed by atoms with Crippen LogP contribution in [-0.2, 0) is 15.8 Å². The first-order valence-electron chi connectivity index (χ1n) is 5.88. The number of hydrogen-bond donors (Lipinski definition) is 2. The van der Waals surface area contributed by atoms with Gasteiger partial charge in [-0.2, -0.15) is 0 Å². The van der Waals surface area contributed by atoms with Crippen LogP contribution in [0.15, 0.2) is 16.0 Å². The van der Waals surface area contributed by atoms with Gasteiger partial charge in [0.25, 0.3) is 0 Å². The molecular weight excluding hydrogens is 318 g/mol. The number of nitrogens with zero attached hydrogens (tertiary/aromatic N) is 2. The molecule has 8 nitrogen and oxygen atoms in total. The van der Waals surface area contributed by atoms with Crippen molar-refractivity contribution in [3.8, 4) is 0 Å². The highest BCUT2D eigenvalue weighted by Gasteiger charge is 2.21. The van der Waals surface area contributed by atoms with Crippen LogP contribution in [0.3, 0.4) is 0 Å². The molecule has 10 heteroatoms. The van der Waals surface area contributed by atoms with Gasteiger partial charge < -0.3 is 9.63 Å². The summed E-state index contributed by atoms with van der Waals surface area (Å²) in [5.41, 5.74) is 0.200. The van der Waals surface area contributed by atoms with Crippen LogP contribution >= 0.6 is 11.3 Å². The van der Waals surface area contributed by atoms with Crippen molar-refractivity contribution in [3.63, 3.8) is 0 Å². The zero-order valence-corrected chi connectivity index (χ0v) is 12.9. The lowest BCUT2D eigenvalue weighted by atomic mass is 10.4. The molecule has 0 radical (unpaired) electrons. The average Bonchev–Trinajstić information content (AvgIpc) is 2.97. The molecule has 0 aliphatic heterocycles. The van der Waals surface area contributed by atoms with E-state index in [0.29, 0.717) is 16.5 Å². The Morgan fingerprint density at radius 3 is 2.81 bits per heavy atom. The smallest absolute Gasteiger partial charge is 0.355 e.